The molecule has 0 aliphatic heterocycles. The van der Waals surface area contributed by atoms with E-state index in [-0.39, 0.29) is 5.75 Å². The summed E-state index contributed by atoms with van der Waals surface area (Å²) in [5, 5.41) is 17.8. The number of hydrogen-bond donors (Lipinski definition) is 2. The molecule has 1 aromatic rings. The summed E-state index contributed by atoms with van der Waals surface area (Å²) in [7, 11) is 1.35. The molecule has 0 spiro atoms. The maximum absolute atomic E-state index is 13.4. The molecule has 0 heterocycles. The highest BCUT2D eigenvalue weighted by Crippen LogP contribution is 2.38. The molecule has 15 heavy (non-hydrogen) atoms. The molecular formula is C10H12F2O3. The van der Waals surface area contributed by atoms with Crippen LogP contribution in [0.4, 0.5) is 8.78 Å². The number of methoxy groups -OCH3 is 1. The highest BCUT2D eigenvalue weighted by Gasteiger charge is 2.34. The standard InChI is InChI=1S/C10H12F2O3/c1-15-7-2-3-9(14)8(6-7)10(11,12)4-5-13/h2-3,6,13-14H,4-5H2,1H3. The largest absolute Gasteiger partial charge is 0.507 e. The van der Waals surface area contributed by atoms with Crippen LogP contribution in [0.5, 0.6) is 11.5 Å². The number of benzene rings is 1. The van der Waals surface area contributed by atoms with E-state index in [4.69, 9.17) is 9.84 Å². The lowest BCUT2D eigenvalue weighted by molar-refractivity contribution is -0.0288. The van der Waals surface area contributed by atoms with Crippen molar-refractivity contribution in [3.8, 4) is 11.5 Å². The third-order valence-electron chi connectivity index (χ3n) is 2.02. The van der Waals surface area contributed by atoms with Gasteiger partial charge in [-0.05, 0) is 18.2 Å². The minimum Gasteiger partial charge on any atom is -0.507 e. The molecule has 1 rings (SSSR count). The Hall–Kier alpha value is -1.36. The molecule has 0 unspecified atom stereocenters. The molecule has 84 valence electrons. The molecular weight excluding hydrogens is 206 g/mol. The molecule has 3 nitrogen and oxygen atoms in total. The van der Waals surface area contributed by atoms with E-state index in [1.54, 1.807) is 0 Å². The lowest BCUT2D eigenvalue weighted by Crippen LogP contribution is -2.15. The lowest BCUT2D eigenvalue weighted by atomic mass is 10.0. The average molecular weight is 218 g/mol. The molecule has 0 saturated heterocycles. The van der Waals surface area contributed by atoms with Gasteiger partial charge in [-0.2, -0.15) is 0 Å². The van der Waals surface area contributed by atoms with Crippen molar-refractivity contribution in [2.45, 2.75) is 12.3 Å². The van der Waals surface area contributed by atoms with E-state index in [1.165, 1.54) is 13.2 Å². The zero-order valence-corrected chi connectivity index (χ0v) is 8.20. The first-order valence-electron chi connectivity index (χ1n) is 4.37. The van der Waals surface area contributed by atoms with Crippen LogP contribution >= 0.6 is 0 Å². The molecule has 0 aromatic heterocycles. The summed E-state index contributed by atoms with van der Waals surface area (Å²) in [5.41, 5.74) is -0.532. The summed E-state index contributed by atoms with van der Waals surface area (Å²) >= 11 is 0. The first-order chi connectivity index (χ1) is 7.01. The van der Waals surface area contributed by atoms with Crippen LogP contribution in [0.1, 0.15) is 12.0 Å². The summed E-state index contributed by atoms with van der Waals surface area (Å²) in [6.07, 6.45) is -0.728. The molecule has 0 bridgehead atoms. The summed E-state index contributed by atoms with van der Waals surface area (Å²) in [5.74, 6) is -3.53. The Kier molecular flexibility index (Phi) is 3.47. The van der Waals surface area contributed by atoms with E-state index >= 15 is 0 Å². The monoisotopic (exact) mass is 218 g/mol. The van der Waals surface area contributed by atoms with E-state index in [2.05, 4.69) is 0 Å². The van der Waals surface area contributed by atoms with Gasteiger partial charge in [0.1, 0.15) is 11.5 Å². The number of ether oxygens (including phenoxy) is 1. The van der Waals surface area contributed by atoms with Gasteiger partial charge in [-0.15, -0.1) is 0 Å². The van der Waals surface area contributed by atoms with Gasteiger partial charge < -0.3 is 14.9 Å². The molecule has 0 amide bonds. The van der Waals surface area contributed by atoms with Gasteiger partial charge in [-0.25, -0.2) is 8.78 Å². The fraction of sp³-hybridized carbons (Fsp3) is 0.400. The summed E-state index contributed by atoms with van der Waals surface area (Å²) in [6, 6.07) is 3.58. The molecule has 0 aliphatic carbocycles. The highest BCUT2D eigenvalue weighted by molar-refractivity contribution is 5.41. The molecule has 5 heteroatoms. The Bertz CT molecular complexity index is 339. The van der Waals surface area contributed by atoms with Crippen molar-refractivity contribution in [3.63, 3.8) is 0 Å². The van der Waals surface area contributed by atoms with E-state index in [0.717, 1.165) is 12.1 Å². The summed E-state index contributed by atoms with van der Waals surface area (Å²) in [6.45, 7) is -0.649. The number of rotatable bonds is 4. The molecule has 2 N–H and O–H groups in total. The van der Waals surface area contributed by atoms with Crippen LogP contribution in [0.3, 0.4) is 0 Å². The normalized spacial score (nSPS) is 11.5. The third-order valence-corrected chi connectivity index (χ3v) is 2.02. The van der Waals surface area contributed by atoms with Crippen molar-refractivity contribution in [1.82, 2.24) is 0 Å². The zero-order chi connectivity index (χ0) is 11.5. The Morgan fingerprint density at radius 3 is 2.60 bits per heavy atom. The van der Waals surface area contributed by atoms with Crippen LogP contribution in [0, 0.1) is 0 Å². The quantitative estimate of drug-likeness (QED) is 0.811. The second-order valence-corrected chi connectivity index (χ2v) is 3.06. The van der Waals surface area contributed by atoms with Crippen LogP contribution in [0.25, 0.3) is 0 Å². The maximum Gasteiger partial charge on any atom is 0.279 e. The predicted octanol–water partition coefficient (Wildman–Crippen LogP) is 1.87. The Balaban J connectivity index is 3.11. The number of phenols is 1. The van der Waals surface area contributed by atoms with Gasteiger partial charge >= 0.3 is 0 Å². The van der Waals surface area contributed by atoms with Crippen LogP contribution in [-0.2, 0) is 5.92 Å². The van der Waals surface area contributed by atoms with Gasteiger partial charge in [0.15, 0.2) is 0 Å². The molecule has 1 aromatic carbocycles. The smallest absolute Gasteiger partial charge is 0.279 e. The number of halogens is 2. The second-order valence-electron chi connectivity index (χ2n) is 3.06. The van der Waals surface area contributed by atoms with Crippen LogP contribution in [-0.4, -0.2) is 23.9 Å². The molecule has 0 atom stereocenters. The fourth-order valence-corrected chi connectivity index (χ4v) is 1.21. The van der Waals surface area contributed by atoms with Crippen molar-refractivity contribution >= 4 is 0 Å². The van der Waals surface area contributed by atoms with E-state index in [0.29, 0.717) is 0 Å². The Labute approximate surface area is 85.9 Å². The second kappa shape index (κ2) is 4.44. The van der Waals surface area contributed by atoms with E-state index < -0.39 is 30.3 Å². The SMILES string of the molecule is COc1ccc(O)c(C(F)(F)CCO)c1. The van der Waals surface area contributed by atoms with Crippen LogP contribution < -0.4 is 4.74 Å². The lowest BCUT2D eigenvalue weighted by Gasteiger charge is -2.17. The minimum atomic E-state index is -3.26. The number of hydrogen-bond acceptors (Lipinski definition) is 3. The van der Waals surface area contributed by atoms with Gasteiger partial charge in [0, 0.05) is 13.0 Å². The van der Waals surface area contributed by atoms with Gasteiger partial charge in [0.25, 0.3) is 5.92 Å². The fourth-order valence-electron chi connectivity index (χ4n) is 1.21. The molecule has 0 aliphatic rings. The van der Waals surface area contributed by atoms with Gasteiger partial charge in [0.05, 0.1) is 12.7 Å². The minimum absolute atomic E-state index is 0.236. The highest BCUT2D eigenvalue weighted by atomic mass is 19.3. The van der Waals surface area contributed by atoms with Gasteiger partial charge in [-0.1, -0.05) is 0 Å². The molecule has 0 fully saturated rings. The number of aromatic hydroxyl groups is 1. The summed E-state index contributed by atoms with van der Waals surface area (Å²) < 4.78 is 31.5. The zero-order valence-electron chi connectivity index (χ0n) is 8.20. The van der Waals surface area contributed by atoms with Crippen LogP contribution in [0.2, 0.25) is 0 Å². The third kappa shape index (κ3) is 2.56. The van der Waals surface area contributed by atoms with Gasteiger partial charge in [0.2, 0.25) is 0 Å². The number of aliphatic hydroxyl groups is 1. The number of aliphatic hydroxyl groups excluding tert-OH is 1. The van der Waals surface area contributed by atoms with E-state index in [1.807, 2.05) is 0 Å². The van der Waals surface area contributed by atoms with Crippen molar-refractivity contribution in [1.29, 1.82) is 0 Å². The van der Waals surface area contributed by atoms with Crippen LogP contribution in [0.15, 0.2) is 18.2 Å². The van der Waals surface area contributed by atoms with E-state index in [9.17, 15) is 13.9 Å². The van der Waals surface area contributed by atoms with Gasteiger partial charge in [-0.3, -0.25) is 0 Å². The predicted molar refractivity (Wildman–Crippen MR) is 50.3 cm³/mol. The van der Waals surface area contributed by atoms with Crippen molar-refractivity contribution < 1.29 is 23.7 Å². The Morgan fingerprint density at radius 1 is 1.40 bits per heavy atom. The first-order valence-corrected chi connectivity index (χ1v) is 4.37. The average Bonchev–Trinajstić information content (AvgIpc) is 2.18. The number of alkyl halides is 2. The Morgan fingerprint density at radius 2 is 2.07 bits per heavy atom. The summed E-state index contributed by atoms with van der Waals surface area (Å²) in [4.78, 5) is 0. The topological polar surface area (TPSA) is 49.7 Å². The number of phenolic OH excluding ortho intramolecular Hbond substituents is 1. The van der Waals surface area contributed by atoms with Crippen molar-refractivity contribution in [3.05, 3.63) is 23.8 Å². The first kappa shape index (κ1) is 11.7. The van der Waals surface area contributed by atoms with Crippen molar-refractivity contribution in [2.75, 3.05) is 13.7 Å². The molecule has 0 radical (unpaired) electrons. The van der Waals surface area contributed by atoms with Crippen molar-refractivity contribution in [2.24, 2.45) is 0 Å². The maximum atomic E-state index is 13.4. The molecule has 0 saturated carbocycles.